The van der Waals surface area contributed by atoms with Gasteiger partial charge in [0, 0.05) is 114 Å². The Bertz CT molecular complexity index is 3.61. The molecule has 0 aromatic rings. The topological polar surface area (TPSA) is 0 Å². The van der Waals surface area contributed by atoms with E-state index in [1.165, 1.54) is 0 Å². The fourth-order valence-corrected chi connectivity index (χ4v) is 0. The molecule has 0 bridgehead atoms. The van der Waals surface area contributed by atoms with Gasteiger partial charge in [-0.2, -0.15) is 0 Å². The van der Waals surface area contributed by atoms with Gasteiger partial charge in [-0.3, -0.25) is 0 Å². The normalized spacial score (nSPS) is 0. The van der Waals surface area contributed by atoms with Gasteiger partial charge in [0.2, 0.25) is 0 Å². The molecule has 0 nitrogen and oxygen atoms in total. The second kappa shape index (κ2) is 25.1. The van der Waals surface area contributed by atoms with Crippen molar-refractivity contribution in [2.75, 3.05) is 0 Å². The Morgan fingerprint density at radius 3 is 0.400 bits per heavy atom. The molecule has 0 atom stereocenters. The molecule has 0 rings (SSSR count). The van der Waals surface area contributed by atoms with Gasteiger partial charge in [-0.1, -0.05) is 0 Å². The van der Waals surface area contributed by atoms with Crippen molar-refractivity contribution in [3.63, 3.8) is 0 Å². The van der Waals surface area contributed by atoms with Crippen LogP contribution in [-0.4, -0.2) is 29.6 Å². The van der Waals surface area contributed by atoms with Gasteiger partial charge in [0.05, 0.1) is 0 Å². The Morgan fingerprint density at radius 1 is 0.400 bits per heavy atom. The van der Waals surface area contributed by atoms with Gasteiger partial charge in [0.1, 0.15) is 0 Å². The van der Waals surface area contributed by atoms with Crippen LogP contribution in [0.3, 0.4) is 0 Å². The third kappa shape index (κ3) is 18.2. The molecule has 1 radical (unpaired) electrons. The quantitative estimate of drug-likeness (QED) is 0.296. The molecule has 0 saturated carbocycles. The minimum absolute atomic E-state index is 0. The molecule has 0 N–H and O–H groups in total. The smallest absolute Gasteiger partial charge is 0 e. The predicted octanol–water partition coefficient (Wildman–Crippen LogP) is -0.391. The van der Waals surface area contributed by atoms with Gasteiger partial charge in [0.15, 0.2) is 0 Å². The first-order valence-corrected chi connectivity index (χ1v) is 0. The van der Waals surface area contributed by atoms with E-state index >= 15 is 0 Å². The molecule has 0 aliphatic carbocycles. The van der Waals surface area contributed by atoms with Gasteiger partial charge >= 0.3 is 0 Å². The summed E-state index contributed by atoms with van der Waals surface area (Å²) in [6, 6.07) is 0. The SMILES string of the molecule is [Na].[W].[W].[W].[W]. The summed E-state index contributed by atoms with van der Waals surface area (Å²) < 4.78 is 0. The summed E-state index contributed by atoms with van der Waals surface area (Å²) in [5.74, 6) is 0. The molecular weight excluding hydrogens is 758 g/mol. The summed E-state index contributed by atoms with van der Waals surface area (Å²) in [6.07, 6.45) is 0. The largest absolute Gasteiger partial charge is 0 e. The average Bonchev–Trinajstić information content (AvgIpc) is 0. The first-order valence-electron chi connectivity index (χ1n) is 0. The third-order valence-corrected chi connectivity index (χ3v) is 0. The van der Waals surface area contributed by atoms with Crippen molar-refractivity contribution in [3.05, 3.63) is 0 Å². The summed E-state index contributed by atoms with van der Waals surface area (Å²) >= 11 is 0. The van der Waals surface area contributed by atoms with E-state index in [1.54, 1.807) is 0 Å². The summed E-state index contributed by atoms with van der Waals surface area (Å²) in [5, 5.41) is 0. The van der Waals surface area contributed by atoms with Crippen LogP contribution in [0, 0.1) is 0 Å². The van der Waals surface area contributed by atoms with Crippen LogP contribution in [0.15, 0.2) is 0 Å². The molecule has 0 heterocycles. The van der Waals surface area contributed by atoms with Crippen LogP contribution >= 0.6 is 0 Å². The van der Waals surface area contributed by atoms with Crippen LogP contribution in [0.4, 0.5) is 0 Å². The van der Waals surface area contributed by atoms with Gasteiger partial charge in [-0.15, -0.1) is 0 Å². The van der Waals surface area contributed by atoms with Crippen molar-refractivity contribution in [3.8, 4) is 0 Å². The first-order chi connectivity index (χ1) is 0. The minimum atomic E-state index is 0. The Labute approximate surface area is 111 Å². The van der Waals surface area contributed by atoms with E-state index in [1.807, 2.05) is 0 Å². The standard InChI is InChI=1S/Na.4W. The first kappa shape index (κ1) is 37.4. The van der Waals surface area contributed by atoms with E-state index in [0.717, 1.165) is 0 Å². The Hall–Kier alpha value is 3.75. The van der Waals surface area contributed by atoms with Crippen LogP contribution < -0.4 is 0 Å². The van der Waals surface area contributed by atoms with E-state index in [2.05, 4.69) is 0 Å². The molecule has 5 heteroatoms. The molecule has 5 heavy (non-hydrogen) atoms. The monoisotopic (exact) mass is 759 g/mol. The third-order valence-electron chi connectivity index (χ3n) is 0. The van der Waals surface area contributed by atoms with E-state index in [-0.39, 0.29) is 114 Å². The van der Waals surface area contributed by atoms with Crippen LogP contribution in [0.25, 0.3) is 0 Å². The molecule has 0 aromatic carbocycles. The van der Waals surface area contributed by atoms with Crippen molar-refractivity contribution in [1.82, 2.24) is 0 Å². The van der Waals surface area contributed by atoms with Crippen molar-refractivity contribution in [2.24, 2.45) is 0 Å². The summed E-state index contributed by atoms with van der Waals surface area (Å²) in [5.41, 5.74) is 0. The van der Waals surface area contributed by atoms with Crippen molar-refractivity contribution in [2.45, 2.75) is 0 Å². The zero-order valence-corrected chi connectivity index (χ0v) is 16.4. The number of hydrogen-bond donors (Lipinski definition) is 0. The molecule has 0 aliphatic rings. The van der Waals surface area contributed by atoms with E-state index in [4.69, 9.17) is 0 Å². The molecule has 0 aliphatic heterocycles. The maximum absolute atomic E-state index is 0. The van der Waals surface area contributed by atoms with E-state index < -0.39 is 0 Å². The van der Waals surface area contributed by atoms with Crippen LogP contribution in [-0.2, 0) is 84.3 Å². The van der Waals surface area contributed by atoms with Gasteiger partial charge in [0.25, 0.3) is 0 Å². The molecule has 0 unspecified atom stereocenters. The molecule has 0 fully saturated rings. The Balaban J connectivity index is 0. The van der Waals surface area contributed by atoms with Crippen molar-refractivity contribution < 1.29 is 84.3 Å². The summed E-state index contributed by atoms with van der Waals surface area (Å²) in [4.78, 5) is 0. The van der Waals surface area contributed by atoms with Crippen LogP contribution in [0.1, 0.15) is 0 Å². The molecular formula is NaW4. The fraction of sp³-hybridized carbons (Fsp3) is 0. The fourth-order valence-electron chi connectivity index (χ4n) is 0. The maximum atomic E-state index is 0. The molecule has 0 aromatic heterocycles. The Kier molecular flexibility index (Phi) is 188. The number of hydrogen-bond acceptors (Lipinski definition) is 0. The van der Waals surface area contributed by atoms with Crippen molar-refractivity contribution in [1.29, 1.82) is 0 Å². The predicted molar refractivity (Wildman–Crippen MR) is 5.75 cm³/mol. The van der Waals surface area contributed by atoms with E-state index in [9.17, 15) is 0 Å². The van der Waals surface area contributed by atoms with Crippen molar-refractivity contribution >= 4 is 29.6 Å². The van der Waals surface area contributed by atoms with E-state index in [0.29, 0.717) is 0 Å². The van der Waals surface area contributed by atoms with Gasteiger partial charge < -0.3 is 0 Å². The summed E-state index contributed by atoms with van der Waals surface area (Å²) in [6.45, 7) is 0. The molecule has 0 spiro atoms. The van der Waals surface area contributed by atoms with Crippen LogP contribution in [0.5, 0.6) is 0 Å². The molecule has 25 valence electrons. The van der Waals surface area contributed by atoms with Crippen LogP contribution in [0.2, 0.25) is 0 Å². The minimum Gasteiger partial charge on any atom is 0 e. The second-order valence-electron chi connectivity index (χ2n) is 0. The second-order valence-corrected chi connectivity index (χ2v) is 0. The maximum Gasteiger partial charge on any atom is 0 e. The zero-order valence-electron chi connectivity index (χ0n) is 2.63. The zero-order chi connectivity index (χ0) is 0. The van der Waals surface area contributed by atoms with Gasteiger partial charge in [-0.25, -0.2) is 0 Å². The Morgan fingerprint density at radius 2 is 0.400 bits per heavy atom. The number of rotatable bonds is 0. The average molecular weight is 758 g/mol. The summed E-state index contributed by atoms with van der Waals surface area (Å²) in [7, 11) is 0. The molecule has 0 amide bonds. The van der Waals surface area contributed by atoms with Gasteiger partial charge in [-0.05, 0) is 0 Å². The molecule has 0 saturated heterocycles.